The topological polar surface area (TPSA) is 98.7 Å². The summed E-state index contributed by atoms with van der Waals surface area (Å²) < 4.78 is 24.9. The molecule has 3 N–H and O–H groups in total. The maximum Gasteiger partial charge on any atom is 0.239 e. The lowest BCUT2D eigenvalue weighted by atomic mass is 10.1. The average molecular weight is 408 g/mol. The van der Waals surface area contributed by atoms with Gasteiger partial charge in [0.25, 0.3) is 0 Å². The zero-order valence-corrected chi connectivity index (χ0v) is 15.7. The maximum atomic E-state index is 12.1. The number of hydrogen-bond acceptors (Lipinski definition) is 5. The van der Waals surface area contributed by atoms with Gasteiger partial charge in [0.1, 0.15) is 5.75 Å². The molecule has 0 spiro atoms. The zero-order valence-electron chi connectivity index (χ0n) is 13.3. The number of nitrogens with zero attached hydrogens (tertiary/aromatic N) is 1. The van der Waals surface area contributed by atoms with Crippen molar-refractivity contribution in [2.45, 2.75) is 18.9 Å². The molecule has 1 atom stereocenters. The number of sulfonamides is 1. The van der Waals surface area contributed by atoms with Gasteiger partial charge in [0, 0.05) is 30.6 Å². The highest BCUT2D eigenvalue weighted by atomic mass is 35.5. The summed E-state index contributed by atoms with van der Waals surface area (Å²) in [6.07, 6.45) is 1.34. The quantitative estimate of drug-likeness (QED) is 0.627. The number of benzene rings is 1. The third-order valence-electron chi connectivity index (χ3n) is 3.80. The van der Waals surface area contributed by atoms with Crippen LogP contribution in [0, 0.1) is 0 Å². The van der Waals surface area contributed by atoms with Gasteiger partial charge in [0.05, 0.1) is 22.3 Å². The van der Waals surface area contributed by atoms with E-state index in [0.29, 0.717) is 19.4 Å². The Morgan fingerprint density at radius 1 is 1.40 bits per heavy atom. The van der Waals surface area contributed by atoms with Crippen molar-refractivity contribution in [2.24, 2.45) is 0 Å². The third-order valence-corrected chi connectivity index (χ3v) is 5.99. The molecule has 0 aromatic heterocycles. The summed E-state index contributed by atoms with van der Waals surface area (Å²) >= 11 is 11.7. The third kappa shape index (κ3) is 5.24. The molecular weight excluding hydrogens is 389 g/mol. The van der Waals surface area contributed by atoms with Gasteiger partial charge in [0.15, 0.2) is 0 Å². The van der Waals surface area contributed by atoms with Crippen molar-refractivity contribution in [1.82, 2.24) is 9.62 Å². The van der Waals surface area contributed by atoms with Crippen LogP contribution in [0.3, 0.4) is 0 Å². The summed E-state index contributed by atoms with van der Waals surface area (Å²) in [7, 11) is -3.49. The largest absolute Gasteiger partial charge is 0.506 e. The number of carbonyl (C=O) groups is 1. The molecule has 0 aliphatic carbocycles. The molecule has 1 aromatic carbocycles. The normalized spacial score (nSPS) is 18.6. The van der Waals surface area contributed by atoms with Crippen LogP contribution in [0.1, 0.15) is 12.8 Å². The lowest BCUT2D eigenvalue weighted by Crippen LogP contribution is -2.50. The Bertz CT molecular complexity index is 770. The van der Waals surface area contributed by atoms with E-state index in [2.05, 4.69) is 17.2 Å². The summed E-state index contributed by atoms with van der Waals surface area (Å²) in [5.41, 5.74) is 0.282. The molecule has 0 radical (unpaired) electrons. The Labute approximate surface area is 156 Å². The molecule has 1 saturated heterocycles. The van der Waals surface area contributed by atoms with Crippen molar-refractivity contribution in [2.75, 3.05) is 25.0 Å². The molecule has 1 aliphatic rings. The number of anilines is 1. The SMILES string of the molecule is C=CS(=O)(=O)N1CCC[C@H](NC(=O)CNc2cc(Cl)c(Cl)cc2O)C1. The fraction of sp³-hybridized carbons (Fsp3) is 0.400. The van der Waals surface area contributed by atoms with E-state index in [1.165, 1.54) is 16.4 Å². The monoisotopic (exact) mass is 407 g/mol. The molecule has 1 heterocycles. The number of nitrogens with one attached hydrogen (secondary N) is 2. The number of rotatable bonds is 6. The molecule has 10 heteroatoms. The van der Waals surface area contributed by atoms with Crippen LogP contribution in [0.15, 0.2) is 24.1 Å². The summed E-state index contributed by atoms with van der Waals surface area (Å²) in [6, 6.07) is 2.43. The predicted molar refractivity (Wildman–Crippen MR) is 98.5 cm³/mol. The number of piperidine rings is 1. The number of phenols is 1. The highest BCUT2D eigenvalue weighted by Crippen LogP contribution is 2.33. The minimum atomic E-state index is -3.49. The highest BCUT2D eigenvalue weighted by Gasteiger charge is 2.27. The predicted octanol–water partition coefficient (Wildman–Crippen LogP) is 2.16. The van der Waals surface area contributed by atoms with E-state index in [1.807, 2.05) is 0 Å². The van der Waals surface area contributed by atoms with E-state index in [1.54, 1.807) is 0 Å². The van der Waals surface area contributed by atoms with Gasteiger partial charge in [-0.1, -0.05) is 29.8 Å². The first-order chi connectivity index (χ1) is 11.7. The Balaban J connectivity index is 1.90. The second kappa shape index (κ2) is 8.27. The van der Waals surface area contributed by atoms with Gasteiger partial charge < -0.3 is 15.7 Å². The lowest BCUT2D eigenvalue weighted by Gasteiger charge is -2.31. The van der Waals surface area contributed by atoms with Crippen LogP contribution < -0.4 is 10.6 Å². The number of amides is 1. The van der Waals surface area contributed by atoms with Crippen LogP contribution in [-0.2, 0) is 14.8 Å². The van der Waals surface area contributed by atoms with E-state index in [0.717, 1.165) is 5.41 Å². The van der Waals surface area contributed by atoms with E-state index < -0.39 is 10.0 Å². The van der Waals surface area contributed by atoms with Gasteiger partial charge in [-0.05, 0) is 18.9 Å². The zero-order chi connectivity index (χ0) is 18.6. The van der Waals surface area contributed by atoms with E-state index in [9.17, 15) is 18.3 Å². The molecule has 7 nitrogen and oxygen atoms in total. The summed E-state index contributed by atoms with van der Waals surface area (Å²) in [6.45, 7) is 3.83. The first kappa shape index (κ1) is 19.8. The Hall–Kier alpha value is -1.48. The summed E-state index contributed by atoms with van der Waals surface area (Å²) in [5, 5.41) is 16.7. The molecule has 138 valence electrons. The van der Waals surface area contributed by atoms with Gasteiger partial charge in [-0.25, -0.2) is 8.42 Å². The van der Waals surface area contributed by atoms with E-state index in [-0.39, 0.29) is 46.5 Å². The minimum absolute atomic E-state index is 0.101. The molecule has 0 saturated carbocycles. The van der Waals surface area contributed by atoms with Gasteiger partial charge >= 0.3 is 0 Å². The van der Waals surface area contributed by atoms with Gasteiger partial charge in [-0.15, -0.1) is 0 Å². The van der Waals surface area contributed by atoms with Crippen LogP contribution in [0.4, 0.5) is 5.69 Å². The van der Waals surface area contributed by atoms with Crippen molar-refractivity contribution in [3.05, 3.63) is 34.2 Å². The van der Waals surface area contributed by atoms with Crippen molar-refractivity contribution in [3.63, 3.8) is 0 Å². The van der Waals surface area contributed by atoms with Gasteiger partial charge in [0.2, 0.25) is 15.9 Å². The van der Waals surface area contributed by atoms with Gasteiger partial charge in [-0.3, -0.25) is 4.79 Å². The first-order valence-electron chi connectivity index (χ1n) is 7.56. The standard InChI is InChI=1S/C15H19Cl2N3O4S/c1-2-25(23,24)20-5-3-4-10(9-20)19-15(22)8-18-13-6-11(16)12(17)7-14(13)21/h2,6-7,10,18,21H,1,3-5,8-9H2,(H,19,22)/t10-/m0/s1. The van der Waals surface area contributed by atoms with E-state index in [4.69, 9.17) is 23.2 Å². The minimum Gasteiger partial charge on any atom is -0.506 e. The molecule has 1 aromatic rings. The van der Waals surface area contributed by atoms with Gasteiger partial charge in [-0.2, -0.15) is 4.31 Å². The Kier molecular flexibility index (Phi) is 6.56. The fourth-order valence-corrected chi connectivity index (χ4v) is 3.83. The van der Waals surface area contributed by atoms with Crippen LogP contribution >= 0.6 is 23.2 Å². The highest BCUT2D eigenvalue weighted by molar-refractivity contribution is 7.92. The average Bonchev–Trinajstić information content (AvgIpc) is 2.57. The molecule has 25 heavy (non-hydrogen) atoms. The molecule has 1 amide bonds. The van der Waals surface area contributed by atoms with Crippen molar-refractivity contribution in [3.8, 4) is 5.75 Å². The molecule has 0 unspecified atom stereocenters. The van der Waals surface area contributed by atoms with Crippen LogP contribution in [-0.4, -0.2) is 49.4 Å². The van der Waals surface area contributed by atoms with Crippen molar-refractivity contribution < 1.29 is 18.3 Å². The molecule has 2 rings (SSSR count). The fourth-order valence-electron chi connectivity index (χ4n) is 2.53. The lowest BCUT2D eigenvalue weighted by molar-refractivity contribution is -0.120. The maximum absolute atomic E-state index is 12.1. The second-order valence-corrected chi connectivity index (χ2v) is 8.31. The van der Waals surface area contributed by atoms with Crippen LogP contribution in [0.5, 0.6) is 5.75 Å². The number of aromatic hydroxyl groups is 1. The molecule has 0 bridgehead atoms. The molecule has 1 aliphatic heterocycles. The van der Waals surface area contributed by atoms with Crippen molar-refractivity contribution >= 4 is 44.8 Å². The second-order valence-electron chi connectivity index (χ2n) is 5.61. The summed E-state index contributed by atoms with van der Waals surface area (Å²) in [4.78, 5) is 12.1. The molecular formula is C15H19Cl2N3O4S. The van der Waals surface area contributed by atoms with Crippen molar-refractivity contribution in [1.29, 1.82) is 0 Å². The Morgan fingerprint density at radius 3 is 2.76 bits per heavy atom. The number of carbonyl (C=O) groups excluding carboxylic acids is 1. The number of hydrogen-bond donors (Lipinski definition) is 3. The van der Waals surface area contributed by atoms with Crippen LogP contribution in [0.25, 0.3) is 0 Å². The number of halogens is 2. The number of phenolic OH excluding ortho intramolecular Hbond substituents is 1. The first-order valence-corrected chi connectivity index (χ1v) is 9.82. The molecule has 1 fully saturated rings. The van der Waals surface area contributed by atoms with Crippen LogP contribution in [0.2, 0.25) is 10.0 Å². The smallest absolute Gasteiger partial charge is 0.239 e. The summed E-state index contributed by atoms with van der Waals surface area (Å²) in [5.74, 6) is -0.448. The Morgan fingerprint density at radius 2 is 2.08 bits per heavy atom. The van der Waals surface area contributed by atoms with E-state index >= 15 is 0 Å².